The summed E-state index contributed by atoms with van der Waals surface area (Å²) in [4.78, 5) is 4.38. The van der Waals surface area contributed by atoms with E-state index >= 15 is 0 Å². The van der Waals surface area contributed by atoms with Crippen molar-refractivity contribution in [2.24, 2.45) is 5.73 Å². The Balaban J connectivity index is 2.39. The fourth-order valence-electron chi connectivity index (χ4n) is 1.83. The lowest BCUT2D eigenvalue weighted by Crippen LogP contribution is -2.02. The summed E-state index contributed by atoms with van der Waals surface area (Å²) < 4.78 is 3.17. The van der Waals surface area contributed by atoms with Gasteiger partial charge in [0.25, 0.3) is 0 Å². The average Bonchev–Trinajstić information content (AvgIpc) is 2.78. The minimum atomic E-state index is 0.548. The molecular formula is C13H16BrN3. The molecule has 0 fully saturated rings. The van der Waals surface area contributed by atoms with Crippen molar-refractivity contribution >= 4 is 15.9 Å². The molecule has 0 saturated carbocycles. The van der Waals surface area contributed by atoms with Crippen LogP contribution in [-0.2, 0) is 13.0 Å². The number of hydrogen-bond donors (Lipinski definition) is 1. The molecule has 1 aromatic heterocycles. The second-order valence-electron chi connectivity index (χ2n) is 3.94. The number of aromatic nitrogens is 2. The summed E-state index contributed by atoms with van der Waals surface area (Å²) in [5.74, 6) is 1.10. The van der Waals surface area contributed by atoms with Gasteiger partial charge in [0, 0.05) is 35.5 Å². The molecule has 0 radical (unpaired) electrons. The van der Waals surface area contributed by atoms with Crippen molar-refractivity contribution in [2.75, 3.05) is 0 Å². The van der Waals surface area contributed by atoms with Crippen LogP contribution in [-0.4, -0.2) is 9.55 Å². The van der Waals surface area contributed by atoms with Gasteiger partial charge in [-0.05, 0) is 24.1 Å². The zero-order chi connectivity index (χ0) is 12.3. The molecule has 2 aromatic rings. The second-order valence-corrected chi connectivity index (χ2v) is 4.80. The maximum absolute atomic E-state index is 5.65. The number of nitrogens with zero attached hydrogens (tertiary/aromatic N) is 2. The average molecular weight is 294 g/mol. The molecule has 4 heteroatoms. The van der Waals surface area contributed by atoms with Crippen LogP contribution < -0.4 is 5.73 Å². The maximum Gasteiger partial charge on any atom is 0.113 e. The van der Waals surface area contributed by atoms with Crippen LogP contribution in [0.3, 0.4) is 0 Å². The maximum atomic E-state index is 5.65. The largest absolute Gasteiger partial charge is 0.326 e. The molecule has 17 heavy (non-hydrogen) atoms. The first kappa shape index (κ1) is 12.3. The van der Waals surface area contributed by atoms with Crippen LogP contribution in [0.15, 0.2) is 35.1 Å². The van der Waals surface area contributed by atoms with E-state index in [-0.39, 0.29) is 0 Å². The van der Waals surface area contributed by atoms with Gasteiger partial charge >= 0.3 is 0 Å². The first-order chi connectivity index (χ1) is 8.26. The van der Waals surface area contributed by atoms with Crippen LogP contribution in [0.2, 0.25) is 0 Å². The Morgan fingerprint density at radius 1 is 1.41 bits per heavy atom. The fraction of sp³-hybridized carbons (Fsp3) is 0.308. The predicted octanol–water partition coefficient (Wildman–Crippen LogP) is 3.05. The molecule has 0 saturated heterocycles. The van der Waals surface area contributed by atoms with E-state index in [0.717, 1.165) is 34.4 Å². The van der Waals surface area contributed by atoms with Crippen molar-refractivity contribution in [1.29, 1.82) is 0 Å². The lowest BCUT2D eigenvalue weighted by molar-refractivity contribution is 0.808. The number of imidazole rings is 1. The van der Waals surface area contributed by atoms with Gasteiger partial charge in [-0.1, -0.05) is 28.9 Å². The van der Waals surface area contributed by atoms with Crippen molar-refractivity contribution in [3.05, 3.63) is 46.5 Å². The van der Waals surface area contributed by atoms with Gasteiger partial charge in [0.05, 0.1) is 0 Å². The number of hydrogen-bond acceptors (Lipinski definition) is 2. The van der Waals surface area contributed by atoms with Crippen molar-refractivity contribution in [3.8, 4) is 5.69 Å². The smallest absolute Gasteiger partial charge is 0.113 e. The number of benzene rings is 1. The van der Waals surface area contributed by atoms with E-state index < -0.39 is 0 Å². The molecule has 0 spiro atoms. The molecule has 1 heterocycles. The molecule has 0 atom stereocenters. The molecule has 0 amide bonds. The van der Waals surface area contributed by atoms with Gasteiger partial charge in [-0.2, -0.15) is 0 Å². The Morgan fingerprint density at radius 3 is 2.88 bits per heavy atom. The highest BCUT2D eigenvalue weighted by atomic mass is 79.9. The van der Waals surface area contributed by atoms with E-state index in [1.807, 2.05) is 12.4 Å². The molecule has 3 nitrogen and oxygen atoms in total. The molecule has 0 unspecified atom stereocenters. The van der Waals surface area contributed by atoms with E-state index in [0.29, 0.717) is 6.54 Å². The van der Waals surface area contributed by atoms with Crippen molar-refractivity contribution in [1.82, 2.24) is 9.55 Å². The summed E-state index contributed by atoms with van der Waals surface area (Å²) in [5.41, 5.74) is 7.88. The van der Waals surface area contributed by atoms with Crippen LogP contribution in [0.4, 0.5) is 0 Å². The fourth-order valence-corrected chi connectivity index (χ4v) is 2.36. The standard InChI is InChI=1S/C13H16BrN3/c1-2-3-13-16-6-7-17(13)11-5-4-10(9-15)12(14)8-11/h4-8H,2-3,9,15H2,1H3. The van der Waals surface area contributed by atoms with E-state index in [9.17, 15) is 0 Å². The molecule has 1 aromatic carbocycles. The van der Waals surface area contributed by atoms with Gasteiger partial charge in [0.15, 0.2) is 0 Å². The Bertz CT molecular complexity index is 505. The Kier molecular flexibility index (Phi) is 3.97. The minimum absolute atomic E-state index is 0.548. The lowest BCUT2D eigenvalue weighted by atomic mass is 10.2. The van der Waals surface area contributed by atoms with Gasteiger partial charge in [-0.25, -0.2) is 4.98 Å². The first-order valence-electron chi connectivity index (χ1n) is 5.77. The Hall–Kier alpha value is -1.13. The Labute approximate surface area is 110 Å². The quantitative estimate of drug-likeness (QED) is 0.942. The van der Waals surface area contributed by atoms with Crippen molar-refractivity contribution < 1.29 is 0 Å². The van der Waals surface area contributed by atoms with Gasteiger partial charge < -0.3 is 10.3 Å². The van der Waals surface area contributed by atoms with Crippen LogP contribution in [0.1, 0.15) is 24.7 Å². The van der Waals surface area contributed by atoms with Crippen LogP contribution in [0, 0.1) is 0 Å². The van der Waals surface area contributed by atoms with Gasteiger partial charge in [0.2, 0.25) is 0 Å². The molecule has 0 bridgehead atoms. The minimum Gasteiger partial charge on any atom is -0.326 e. The highest BCUT2D eigenvalue weighted by molar-refractivity contribution is 9.10. The highest BCUT2D eigenvalue weighted by Gasteiger charge is 2.06. The second kappa shape index (κ2) is 5.47. The van der Waals surface area contributed by atoms with E-state index in [2.05, 4.69) is 50.6 Å². The van der Waals surface area contributed by atoms with E-state index in [1.54, 1.807) is 0 Å². The van der Waals surface area contributed by atoms with Gasteiger partial charge in [0.1, 0.15) is 5.82 Å². The molecular weight excluding hydrogens is 278 g/mol. The van der Waals surface area contributed by atoms with E-state index in [1.165, 1.54) is 0 Å². The molecule has 0 aliphatic rings. The topological polar surface area (TPSA) is 43.8 Å². The SMILES string of the molecule is CCCc1nccn1-c1ccc(CN)c(Br)c1. The summed E-state index contributed by atoms with van der Waals surface area (Å²) in [6, 6.07) is 6.21. The summed E-state index contributed by atoms with van der Waals surface area (Å²) in [6.45, 7) is 2.71. The van der Waals surface area contributed by atoms with Gasteiger partial charge in [-0.3, -0.25) is 0 Å². The normalized spacial score (nSPS) is 10.8. The monoisotopic (exact) mass is 293 g/mol. The number of halogens is 1. The zero-order valence-electron chi connectivity index (χ0n) is 9.86. The number of aryl methyl sites for hydroxylation is 1. The molecule has 0 aliphatic carbocycles. The molecule has 2 rings (SSSR count). The highest BCUT2D eigenvalue weighted by Crippen LogP contribution is 2.21. The molecule has 90 valence electrons. The van der Waals surface area contributed by atoms with E-state index in [4.69, 9.17) is 5.73 Å². The molecule has 0 aliphatic heterocycles. The van der Waals surface area contributed by atoms with Gasteiger partial charge in [-0.15, -0.1) is 0 Å². The van der Waals surface area contributed by atoms with Crippen molar-refractivity contribution in [2.45, 2.75) is 26.3 Å². The summed E-state index contributed by atoms with van der Waals surface area (Å²) in [6.07, 6.45) is 5.92. The van der Waals surface area contributed by atoms with Crippen molar-refractivity contribution in [3.63, 3.8) is 0 Å². The van der Waals surface area contributed by atoms with Crippen LogP contribution in [0.25, 0.3) is 5.69 Å². The lowest BCUT2D eigenvalue weighted by Gasteiger charge is -2.09. The number of rotatable bonds is 4. The number of nitrogens with two attached hydrogens (primary N) is 1. The molecule has 2 N–H and O–H groups in total. The van der Waals surface area contributed by atoms with Crippen LogP contribution in [0.5, 0.6) is 0 Å². The summed E-state index contributed by atoms with van der Waals surface area (Å²) in [7, 11) is 0. The first-order valence-corrected chi connectivity index (χ1v) is 6.56. The van der Waals surface area contributed by atoms with Crippen LogP contribution >= 0.6 is 15.9 Å². The zero-order valence-corrected chi connectivity index (χ0v) is 11.4. The summed E-state index contributed by atoms with van der Waals surface area (Å²) >= 11 is 3.54. The summed E-state index contributed by atoms with van der Waals surface area (Å²) in [5, 5.41) is 0. The third kappa shape index (κ3) is 2.58. The Morgan fingerprint density at radius 2 is 2.24 bits per heavy atom. The third-order valence-corrected chi connectivity index (χ3v) is 3.46. The third-order valence-electron chi connectivity index (χ3n) is 2.73. The predicted molar refractivity (Wildman–Crippen MR) is 73.2 cm³/mol.